The van der Waals surface area contributed by atoms with E-state index in [4.69, 9.17) is 9.47 Å². The van der Waals surface area contributed by atoms with E-state index in [0.29, 0.717) is 19.1 Å². The van der Waals surface area contributed by atoms with Gasteiger partial charge in [-0.3, -0.25) is 9.78 Å². The first-order valence-electron chi connectivity index (χ1n) is 10.3. The quantitative estimate of drug-likeness (QED) is 0.699. The first-order chi connectivity index (χ1) is 13.7. The topological polar surface area (TPSA) is 51.7 Å². The second kappa shape index (κ2) is 7.58. The van der Waals surface area contributed by atoms with E-state index in [-0.39, 0.29) is 11.5 Å². The highest BCUT2D eigenvalue weighted by Crippen LogP contribution is 2.43. The van der Waals surface area contributed by atoms with E-state index in [1.807, 2.05) is 23.1 Å². The lowest BCUT2D eigenvalue weighted by atomic mass is 9.79. The van der Waals surface area contributed by atoms with Gasteiger partial charge in [0, 0.05) is 24.3 Å². The van der Waals surface area contributed by atoms with Gasteiger partial charge >= 0.3 is 0 Å². The van der Waals surface area contributed by atoms with Gasteiger partial charge in [0.1, 0.15) is 5.60 Å². The summed E-state index contributed by atoms with van der Waals surface area (Å²) in [6.07, 6.45) is 7.33. The number of thiophene rings is 1. The molecular formula is C22H26N2O3S. The zero-order chi connectivity index (χ0) is 19.0. The van der Waals surface area contributed by atoms with Crippen LogP contribution in [-0.4, -0.2) is 47.7 Å². The zero-order valence-corrected chi connectivity index (χ0v) is 16.9. The third-order valence-corrected chi connectivity index (χ3v) is 7.57. The number of rotatable bonds is 6. The van der Waals surface area contributed by atoms with Gasteiger partial charge in [-0.2, -0.15) is 0 Å². The number of carbonyl (C=O) groups is 1. The van der Waals surface area contributed by atoms with E-state index < -0.39 is 0 Å². The molecule has 6 heteroatoms. The molecule has 0 radical (unpaired) electrons. The number of nitrogens with zero attached hydrogens (tertiary/aromatic N) is 2. The van der Waals surface area contributed by atoms with Crippen molar-refractivity contribution in [3.05, 3.63) is 51.5 Å². The molecule has 1 atom stereocenters. The van der Waals surface area contributed by atoms with Crippen LogP contribution in [0.5, 0.6) is 0 Å². The molecule has 0 N–H and O–H groups in total. The summed E-state index contributed by atoms with van der Waals surface area (Å²) in [7, 11) is 0. The summed E-state index contributed by atoms with van der Waals surface area (Å²) in [5.41, 5.74) is 2.20. The predicted molar refractivity (Wildman–Crippen MR) is 108 cm³/mol. The van der Waals surface area contributed by atoms with Crippen molar-refractivity contribution in [1.29, 1.82) is 0 Å². The van der Waals surface area contributed by atoms with Crippen molar-refractivity contribution in [3.8, 4) is 0 Å². The molecule has 2 aromatic heterocycles. The van der Waals surface area contributed by atoms with Crippen molar-refractivity contribution in [2.24, 2.45) is 5.92 Å². The smallest absolute Gasteiger partial charge is 0.264 e. The number of amides is 1. The number of hydrogen-bond acceptors (Lipinski definition) is 5. The van der Waals surface area contributed by atoms with Crippen LogP contribution in [-0.2, 0) is 28.9 Å². The average molecular weight is 399 g/mol. The number of carbonyl (C=O) groups excluding carboxylic acids is 1. The summed E-state index contributed by atoms with van der Waals surface area (Å²) in [6.45, 7) is 3.49. The molecule has 1 unspecified atom stereocenters. The van der Waals surface area contributed by atoms with E-state index in [9.17, 15) is 4.79 Å². The van der Waals surface area contributed by atoms with E-state index in [1.165, 1.54) is 16.9 Å². The Kier molecular flexibility index (Phi) is 4.95. The third-order valence-electron chi connectivity index (χ3n) is 6.35. The molecule has 0 saturated carbocycles. The lowest BCUT2D eigenvalue weighted by molar-refractivity contribution is -0.120. The molecule has 5 rings (SSSR count). The second-order valence-electron chi connectivity index (χ2n) is 8.14. The third kappa shape index (κ3) is 3.38. The molecule has 1 spiro atoms. The molecule has 0 aromatic carbocycles. The Labute approximate surface area is 169 Å². The maximum absolute atomic E-state index is 12.8. The highest BCUT2D eigenvalue weighted by atomic mass is 32.1. The number of aryl methyl sites for hydroxylation is 2. The minimum atomic E-state index is -0.149. The molecule has 28 heavy (non-hydrogen) atoms. The highest BCUT2D eigenvalue weighted by Gasteiger charge is 2.54. The lowest BCUT2D eigenvalue weighted by Gasteiger charge is -2.50. The van der Waals surface area contributed by atoms with Crippen molar-refractivity contribution in [2.75, 3.05) is 26.3 Å². The molecule has 2 aliphatic heterocycles. The van der Waals surface area contributed by atoms with Crippen LogP contribution in [0.4, 0.5) is 0 Å². The van der Waals surface area contributed by atoms with Gasteiger partial charge in [0.05, 0.1) is 30.3 Å². The van der Waals surface area contributed by atoms with Gasteiger partial charge in [-0.05, 0) is 61.8 Å². The second-order valence-corrected chi connectivity index (χ2v) is 9.27. The SMILES string of the molecule is O=C(c1cc2c(s1)CCC2)N1CC2(C1)OCCC2CCOCc1ccccn1. The summed E-state index contributed by atoms with van der Waals surface area (Å²) >= 11 is 1.70. The van der Waals surface area contributed by atoms with Crippen LogP contribution in [0.2, 0.25) is 0 Å². The van der Waals surface area contributed by atoms with Gasteiger partial charge in [-0.1, -0.05) is 6.07 Å². The van der Waals surface area contributed by atoms with Crippen molar-refractivity contribution >= 4 is 17.2 Å². The molecule has 4 heterocycles. The molecule has 2 aromatic rings. The molecule has 1 aliphatic carbocycles. The minimum Gasteiger partial charge on any atom is -0.375 e. The Balaban J connectivity index is 1.12. The number of ether oxygens (including phenoxy) is 2. The van der Waals surface area contributed by atoms with Crippen LogP contribution in [0.25, 0.3) is 0 Å². The maximum Gasteiger partial charge on any atom is 0.264 e. The van der Waals surface area contributed by atoms with Crippen LogP contribution in [0, 0.1) is 5.92 Å². The van der Waals surface area contributed by atoms with E-state index in [2.05, 4.69) is 11.1 Å². The molecule has 2 saturated heterocycles. The Morgan fingerprint density at radius 1 is 1.36 bits per heavy atom. The Hall–Kier alpha value is -1.76. The van der Waals surface area contributed by atoms with Gasteiger partial charge in [-0.25, -0.2) is 0 Å². The Morgan fingerprint density at radius 3 is 3.11 bits per heavy atom. The van der Waals surface area contributed by atoms with Gasteiger partial charge in [0.2, 0.25) is 0 Å². The molecule has 2 fully saturated rings. The van der Waals surface area contributed by atoms with Crippen molar-refractivity contribution in [2.45, 2.75) is 44.3 Å². The summed E-state index contributed by atoms with van der Waals surface area (Å²) in [5, 5.41) is 0. The summed E-state index contributed by atoms with van der Waals surface area (Å²) in [4.78, 5) is 21.4. The summed E-state index contributed by atoms with van der Waals surface area (Å²) in [5.74, 6) is 0.652. The fourth-order valence-electron chi connectivity index (χ4n) is 4.76. The molecule has 5 nitrogen and oxygen atoms in total. The monoisotopic (exact) mass is 398 g/mol. The van der Waals surface area contributed by atoms with Gasteiger partial charge in [-0.15, -0.1) is 11.3 Å². The molecule has 148 valence electrons. The van der Waals surface area contributed by atoms with Crippen molar-refractivity contribution < 1.29 is 14.3 Å². The van der Waals surface area contributed by atoms with Gasteiger partial charge < -0.3 is 14.4 Å². The first-order valence-corrected chi connectivity index (χ1v) is 11.1. The maximum atomic E-state index is 12.8. The Morgan fingerprint density at radius 2 is 2.29 bits per heavy atom. The van der Waals surface area contributed by atoms with Crippen LogP contribution >= 0.6 is 11.3 Å². The predicted octanol–water partition coefficient (Wildman–Crippen LogP) is 3.47. The Bertz CT molecular complexity index is 823. The standard InChI is InChI=1S/C22H26N2O3S/c25-21(20-12-16-4-3-6-19(16)28-20)24-14-22(15-24)17(8-11-27-22)7-10-26-13-18-5-1-2-9-23-18/h1-2,5,9,12,17H,3-4,6-8,10-11,13-15H2. The number of pyridine rings is 1. The van der Waals surface area contributed by atoms with E-state index in [0.717, 1.165) is 56.0 Å². The largest absolute Gasteiger partial charge is 0.375 e. The van der Waals surface area contributed by atoms with Gasteiger partial charge in [0.15, 0.2) is 0 Å². The van der Waals surface area contributed by atoms with Gasteiger partial charge in [0.25, 0.3) is 5.91 Å². The number of likely N-dealkylation sites (tertiary alicyclic amines) is 1. The summed E-state index contributed by atoms with van der Waals surface area (Å²) in [6, 6.07) is 8.00. The van der Waals surface area contributed by atoms with E-state index in [1.54, 1.807) is 17.5 Å². The summed E-state index contributed by atoms with van der Waals surface area (Å²) < 4.78 is 11.9. The normalized spacial score (nSPS) is 22.4. The fraction of sp³-hybridized carbons (Fsp3) is 0.545. The lowest BCUT2D eigenvalue weighted by Crippen LogP contribution is -2.66. The highest BCUT2D eigenvalue weighted by molar-refractivity contribution is 7.14. The number of aromatic nitrogens is 1. The van der Waals surface area contributed by atoms with Crippen molar-refractivity contribution in [3.63, 3.8) is 0 Å². The molecule has 3 aliphatic rings. The fourth-order valence-corrected chi connectivity index (χ4v) is 5.98. The first kappa shape index (κ1) is 18.3. The number of fused-ring (bicyclic) bond motifs is 1. The van der Waals surface area contributed by atoms with Crippen LogP contribution < -0.4 is 0 Å². The van der Waals surface area contributed by atoms with Crippen LogP contribution in [0.3, 0.4) is 0 Å². The molecule has 1 amide bonds. The molecular weight excluding hydrogens is 372 g/mol. The van der Waals surface area contributed by atoms with E-state index >= 15 is 0 Å². The van der Waals surface area contributed by atoms with Crippen LogP contribution in [0.1, 0.15) is 45.1 Å². The number of hydrogen-bond donors (Lipinski definition) is 0. The minimum absolute atomic E-state index is 0.149. The average Bonchev–Trinajstić information content (AvgIpc) is 3.38. The van der Waals surface area contributed by atoms with Crippen molar-refractivity contribution in [1.82, 2.24) is 9.88 Å². The molecule has 0 bridgehead atoms. The van der Waals surface area contributed by atoms with Crippen LogP contribution in [0.15, 0.2) is 30.5 Å². The zero-order valence-electron chi connectivity index (χ0n) is 16.1.